The predicted molar refractivity (Wildman–Crippen MR) is 77.0 cm³/mol. The van der Waals surface area contributed by atoms with Gasteiger partial charge in [-0.1, -0.05) is 23.7 Å². The van der Waals surface area contributed by atoms with E-state index in [0.717, 1.165) is 0 Å². The molecule has 0 heterocycles. The number of carbonyl (C=O) groups excluding carboxylic acids is 1. The Kier molecular flexibility index (Phi) is 4.40. The maximum atomic E-state index is 13.8. The molecule has 0 spiro atoms. The van der Waals surface area contributed by atoms with Gasteiger partial charge < -0.3 is 4.74 Å². The van der Waals surface area contributed by atoms with Gasteiger partial charge in [0, 0.05) is 5.02 Å². The molecule has 2 aromatic rings. The Morgan fingerprint density at radius 1 is 1.15 bits per heavy atom. The molecule has 0 bridgehead atoms. The molecule has 0 aliphatic heterocycles. The zero-order valence-electron chi connectivity index (χ0n) is 11.2. The summed E-state index contributed by atoms with van der Waals surface area (Å²) in [5.74, 6) is -0.605. The normalized spacial score (nSPS) is 10.7. The quantitative estimate of drug-likeness (QED) is 0.776. The Balaban J connectivity index is 2.45. The molecule has 0 atom stereocenters. The Labute approximate surface area is 122 Å². The van der Waals surface area contributed by atoms with Gasteiger partial charge in [0.15, 0.2) is 5.78 Å². The van der Waals surface area contributed by atoms with E-state index in [1.807, 2.05) is 13.8 Å². The predicted octanol–water partition coefficient (Wildman–Crippen LogP) is 4.50. The first-order chi connectivity index (χ1) is 9.49. The van der Waals surface area contributed by atoms with Crippen LogP contribution in [-0.4, -0.2) is 11.9 Å². The molecular formula is C16H14ClFO2. The average molecular weight is 293 g/mol. The highest BCUT2D eigenvalue weighted by Crippen LogP contribution is 2.25. The second-order valence-corrected chi connectivity index (χ2v) is 5.05. The zero-order valence-corrected chi connectivity index (χ0v) is 11.9. The number of ketones is 1. The van der Waals surface area contributed by atoms with Gasteiger partial charge in [0.2, 0.25) is 0 Å². The van der Waals surface area contributed by atoms with Crippen LogP contribution in [0.25, 0.3) is 0 Å². The summed E-state index contributed by atoms with van der Waals surface area (Å²) in [6.45, 7) is 3.72. The van der Waals surface area contributed by atoms with E-state index in [1.54, 1.807) is 24.3 Å². The summed E-state index contributed by atoms with van der Waals surface area (Å²) in [5, 5.41) is 0.317. The minimum Gasteiger partial charge on any atom is -0.490 e. The minimum atomic E-state index is -0.598. The largest absolute Gasteiger partial charge is 0.490 e. The van der Waals surface area contributed by atoms with Gasteiger partial charge in [0.1, 0.15) is 11.6 Å². The van der Waals surface area contributed by atoms with Crippen LogP contribution < -0.4 is 4.74 Å². The Bertz CT molecular complexity index is 638. The summed E-state index contributed by atoms with van der Waals surface area (Å²) in [4.78, 5) is 12.4. The van der Waals surface area contributed by atoms with Gasteiger partial charge in [-0.3, -0.25) is 4.79 Å². The molecule has 0 aliphatic rings. The molecule has 0 saturated heterocycles. The van der Waals surface area contributed by atoms with Crippen LogP contribution in [0.1, 0.15) is 29.8 Å². The molecule has 0 aromatic heterocycles. The molecule has 20 heavy (non-hydrogen) atoms. The van der Waals surface area contributed by atoms with Crippen molar-refractivity contribution in [2.75, 3.05) is 0 Å². The second kappa shape index (κ2) is 6.06. The van der Waals surface area contributed by atoms with E-state index in [0.29, 0.717) is 16.3 Å². The standard InChI is InChI=1S/C16H14ClFO2/c1-10(2)20-15-6-4-3-5-12(15)16(19)13-9-11(17)7-8-14(13)18/h3-10H,1-2H3. The van der Waals surface area contributed by atoms with Gasteiger partial charge in [-0.15, -0.1) is 0 Å². The van der Waals surface area contributed by atoms with Crippen LogP contribution >= 0.6 is 11.6 Å². The molecule has 0 N–H and O–H groups in total. The Morgan fingerprint density at radius 3 is 2.55 bits per heavy atom. The Morgan fingerprint density at radius 2 is 1.85 bits per heavy atom. The third-order valence-corrected chi connectivity index (χ3v) is 2.90. The van der Waals surface area contributed by atoms with Gasteiger partial charge in [-0.05, 0) is 44.2 Å². The maximum absolute atomic E-state index is 13.8. The van der Waals surface area contributed by atoms with Crippen molar-refractivity contribution in [3.05, 3.63) is 64.4 Å². The van der Waals surface area contributed by atoms with Crippen molar-refractivity contribution >= 4 is 17.4 Å². The van der Waals surface area contributed by atoms with Crippen molar-refractivity contribution in [3.63, 3.8) is 0 Å². The molecular weight excluding hydrogens is 279 g/mol. The minimum absolute atomic E-state index is 0.0580. The van der Waals surface area contributed by atoms with E-state index in [2.05, 4.69) is 0 Å². The van der Waals surface area contributed by atoms with E-state index in [1.165, 1.54) is 18.2 Å². The van der Waals surface area contributed by atoms with Crippen LogP contribution in [0.15, 0.2) is 42.5 Å². The van der Waals surface area contributed by atoms with Gasteiger partial charge >= 0.3 is 0 Å². The molecule has 0 unspecified atom stereocenters. The number of hydrogen-bond donors (Lipinski definition) is 0. The number of hydrogen-bond acceptors (Lipinski definition) is 2. The fraction of sp³-hybridized carbons (Fsp3) is 0.188. The van der Waals surface area contributed by atoms with Crippen molar-refractivity contribution in [2.24, 2.45) is 0 Å². The van der Waals surface area contributed by atoms with Crippen LogP contribution in [-0.2, 0) is 0 Å². The molecule has 0 aliphatic carbocycles. The molecule has 2 rings (SSSR count). The summed E-state index contributed by atoms with van der Waals surface area (Å²) in [6.07, 6.45) is -0.0758. The molecule has 0 amide bonds. The molecule has 104 valence electrons. The molecule has 4 heteroatoms. The topological polar surface area (TPSA) is 26.3 Å². The van der Waals surface area contributed by atoms with Crippen LogP contribution in [0, 0.1) is 5.82 Å². The summed E-state index contributed by atoms with van der Waals surface area (Å²) in [6, 6.07) is 10.7. The molecule has 0 saturated carbocycles. The molecule has 0 fully saturated rings. The molecule has 0 radical (unpaired) electrons. The monoisotopic (exact) mass is 292 g/mol. The third-order valence-electron chi connectivity index (χ3n) is 2.67. The van der Waals surface area contributed by atoms with Crippen molar-refractivity contribution < 1.29 is 13.9 Å². The van der Waals surface area contributed by atoms with Crippen molar-refractivity contribution in [3.8, 4) is 5.75 Å². The van der Waals surface area contributed by atoms with E-state index >= 15 is 0 Å². The zero-order chi connectivity index (χ0) is 14.7. The van der Waals surface area contributed by atoms with Crippen molar-refractivity contribution in [1.29, 1.82) is 0 Å². The lowest BCUT2D eigenvalue weighted by Crippen LogP contribution is -2.11. The molecule has 2 aromatic carbocycles. The van der Waals surface area contributed by atoms with Crippen LogP contribution in [0.3, 0.4) is 0 Å². The molecule has 2 nitrogen and oxygen atoms in total. The lowest BCUT2D eigenvalue weighted by molar-refractivity contribution is 0.102. The first-order valence-electron chi connectivity index (χ1n) is 6.24. The van der Waals surface area contributed by atoms with Gasteiger partial charge in [-0.25, -0.2) is 4.39 Å². The summed E-state index contributed by atoms with van der Waals surface area (Å²) in [7, 11) is 0. The first-order valence-corrected chi connectivity index (χ1v) is 6.62. The highest BCUT2D eigenvalue weighted by Gasteiger charge is 2.18. The third kappa shape index (κ3) is 3.17. The number of rotatable bonds is 4. The summed E-state index contributed by atoms with van der Waals surface area (Å²) < 4.78 is 19.4. The highest BCUT2D eigenvalue weighted by atomic mass is 35.5. The van der Waals surface area contributed by atoms with Gasteiger partial charge in [0.05, 0.1) is 17.2 Å². The number of ether oxygens (including phenoxy) is 1. The van der Waals surface area contributed by atoms with E-state index in [9.17, 15) is 9.18 Å². The fourth-order valence-electron chi connectivity index (χ4n) is 1.83. The smallest absolute Gasteiger partial charge is 0.199 e. The van der Waals surface area contributed by atoms with Crippen LogP contribution in [0.4, 0.5) is 4.39 Å². The highest BCUT2D eigenvalue weighted by molar-refractivity contribution is 6.31. The van der Waals surface area contributed by atoms with E-state index in [4.69, 9.17) is 16.3 Å². The fourth-order valence-corrected chi connectivity index (χ4v) is 2.00. The summed E-state index contributed by atoms with van der Waals surface area (Å²) >= 11 is 5.82. The number of carbonyl (C=O) groups is 1. The number of para-hydroxylation sites is 1. The average Bonchev–Trinajstić information content (AvgIpc) is 2.41. The summed E-state index contributed by atoms with van der Waals surface area (Å²) in [5.41, 5.74) is 0.264. The van der Waals surface area contributed by atoms with E-state index < -0.39 is 11.6 Å². The van der Waals surface area contributed by atoms with Gasteiger partial charge in [-0.2, -0.15) is 0 Å². The Hall–Kier alpha value is -1.87. The van der Waals surface area contributed by atoms with E-state index in [-0.39, 0.29) is 11.7 Å². The van der Waals surface area contributed by atoms with Gasteiger partial charge in [0.25, 0.3) is 0 Å². The first kappa shape index (κ1) is 14.5. The lowest BCUT2D eigenvalue weighted by atomic mass is 10.0. The number of halogens is 2. The van der Waals surface area contributed by atoms with Crippen molar-refractivity contribution in [2.45, 2.75) is 20.0 Å². The maximum Gasteiger partial charge on any atom is 0.199 e. The lowest BCUT2D eigenvalue weighted by Gasteiger charge is -2.13. The second-order valence-electron chi connectivity index (χ2n) is 4.62. The van der Waals surface area contributed by atoms with Crippen LogP contribution in [0.5, 0.6) is 5.75 Å². The SMILES string of the molecule is CC(C)Oc1ccccc1C(=O)c1cc(Cl)ccc1F. The van der Waals surface area contributed by atoms with Crippen LogP contribution in [0.2, 0.25) is 5.02 Å². The van der Waals surface area contributed by atoms with Crippen molar-refractivity contribution in [1.82, 2.24) is 0 Å². The number of benzene rings is 2.